The van der Waals surface area contributed by atoms with Gasteiger partial charge in [0.15, 0.2) is 0 Å². The maximum atomic E-state index is 13.6. The molecule has 0 aliphatic rings. The molecule has 0 aliphatic heterocycles. The fourth-order valence-corrected chi connectivity index (χ4v) is 3.99. The minimum absolute atomic E-state index is 0.0448. The number of alkyl halides is 3. The zero-order valence-corrected chi connectivity index (χ0v) is 22.6. The number of ether oxygens (including phenoxy) is 2. The Balaban J connectivity index is 1.56. The van der Waals surface area contributed by atoms with E-state index in [1.54, 1.807) is 0 Å². The fraction of sp³-hybridized carbons (Fsp3) is 0.517. The van der Waals surface area contributed by atoms with Crippen LogP contribution in [0.2, 0.25) is 0 Å². The van der Waals surface area contributed by atoms with Gasteiger partial charge in [0.1, 0.15) is 12.4 Å². The van der Waals surface area contributed by atoms with Gasteiger partial charge in [-0.15, -0.1) is 0 Å². The van der Waals surface area contributed by atoms with Crippen molar-refractivity contribution < 1.29 is 36.6 Å². The molecule has 39 heavy (non-hydrogen) atoms. The Kier molecular flexibility index (Phi) is 13.9. The SMILES string of the molecule is CN(C)C[C@@H](CC(=O)OCc1ccccc1)NC(=O)CCCCCCCOCc1ccc(C(F)(F)F)c(F)c1. The van der Waals surface area contributed by atoms with Crippen molar-refractivity contribution in [1.82, 2.24) is 10.2 Å². The van der Waals surface area contributed by atoms with Crippen LogP contribution in [0, 0.1) is 5.82 Å². The highest BCUT2D eigenvalue weighted by Gasteiger charge is 2.33. The van der Waals surface area contributed by atoms with Gasteiger partial charge in [0.25, 0.3) is 0 Å². The van der Waals surface area contributed by atoms with E-state index in [4.69, 9.17) is 9.47 Å². The Bertz CT molecular complexity index is 1020. The average molecular weight is 555 g/mol. The molecule has 2 aromatic carbocycles. The third-order valence-corrected chi connectivity index (χ3v) is 5.91. The molecule has 0 aromatic heterocycles. The average Bonchev–Trinajstić information content (AvgIpc) is 2.86. The highest BCUT2D eigenvalue weighted by atomic mass is 19.4. The Morgan fingerprint density at radius 2 is 1.62 bits per heavy atom. The predicted molar refractivity (Wildman–Crippen MR) is 140 cm³/mol. The third-order valence-electron chi connectivity index (χ3n) is 5.91. The van der Waals surface area contributed by atoms with Crippen molar-refractivity contribution in [2.45, 2.75) is 70.4 Å². The smallest absolute Gasteiger partial charge is 0.419 e. The number of benzene rings is 2. The van der Waals surface area contributed by atoms with Crippen LogP contribution >= 0.6 is 0 Å². The zero-order chi connectivity index (χ0) is 28.7. The van der Waals surface area contributed by atoms with E-state index in [0.717, 1.165) is 43.4 Å². The summed E-state index contributed by atoms with van der Waals surface area (Å²) in [6.45, 7) is 1.17. The monoisotopic (exact) mass is 554 g/mol. The molecule has 0 aliphatic carbocycles. The molecule has 0 heterocycles. The second kappa shape index (κ2) is 16.9. The molecule has 1 N–H and O–H groups in total. The van der Waals surface area contributed by atoms with Crippen molar-refractivity contribution in [3.8, 4) is 0 Å². The first-order valence-corrected chi connectivity index (χ1v) is 13.1. The van der Waals surface area contributed by atoms with Crippen molar-refractivity contribution in [2.75, 3.05) is 27.2 Å². The lowest BCUT2D eigenvalue weighted by atomic mass is 10.1. The molecule has 0 unspecified atom stereocenters. The second-order valence-electron chi connectivity index (χ2n) is 9.76. The summed E-state index contributed by atoms with van der Waals surface area (Å²) >= 11 is 0. The van der Waals surface area contributed by atoms with E-state index in [1.807, 2.05) is 49.3 Å². The molecular weight excluding hydrogens is 516 g/mol. The minimum Gasteiger partial charge on any atom is -0.461 e. The molecule has 0 fully saturated rings. The number of carbonyl (C=O) groups is 2. The zero-order valence-electron chi connectivity index (χ0n) is 22.6. The molecule has 6 nitrogen and oxygen atoms in total. The summed E-state index contributed by atoms with van der Waals surface area (Å²) in [5.74, 6) is -1.77. The summed E-state index contributed by atoms with van der Waals surface area (Å²) in [6, 6.07) is 11.9. The number of nitrogens with zero attached hydrogens (tertiary/aromatic N) is 1. The normalized spacial score (nSPS) is 12.4. The van der Waals surface area contributed by atoms with E-state index in [9.17, 15) is 27.2 Å². The summed E-state index contributed by atoms with van der Waals surface area (Å²) in [7, 11) is 3.75. The van der Waals surface area contributed by atoms with Crippen LogP contribution < -0.4 is 5.32 Å². The van der Waals surface area contributed by atoms with E-state index >= 15 is 0 Å². The minimum atomic E-state index is -4.71. The van der Waals surface area contributed by atoms with Gasteiger partial charge in [0, 0.05) is 19.6 Å². The molecule has 0 spiro atoms. The number of esters is 1. The maximum Gasteiger partial charge on any atom is 0.419 e. The lowest BCUT2D eigenvalue weighted by Crippen LogP contribution is -2.43. The molecule has 2 rings (SSSR count). The Morgan fingerprint density at radius 3 is 2.28 bits per heavy atom. The molecule has 1 atom stereocenters. The van der Waals surface area contributed by atoms with Crippen LogP contribution in [0.15, 0.2) is 48.5 Å². The van der Waals surface area contributed by atoms with Gasteiger partial charge in [0.2, 0.25) is 5.91 Å². The lowest BCUT2D eigenvalue weighted by molar-refractivity contribution is -0.145. The van der Waals surface area contributed by atoms with Crippen LogP contribution in [0.5, 0.6) is 0 Å². The number of unbranched alkanes of at least 4 members (excludes halogenated alkanes) is 4. The molecular formula is C29H38F4N2O4. The van der Waals surface area contributed by atoms with Crippen molar-refractivity contribution >= 4 is 11.9 Å². The second-order valence-corrected chi connectivity index (χ2v) is 9.76. The first kappa shape index (κ1) is 32.2. The summed E-state index contributed by atoms with van der Waals surface area (Å²) in [4.78, 5) is 26.6. The van der Waals surface area contributed by atoms with Crippen LogP contribution in [0.4, 0.5) is 17.6 Å². The van der Waals surface area contributed by atoms with Gasteiger partial charge >= 0.3 is 12.1 Å². The number of hydrogen-bond donors (Lipinski definition) is 1. The van der Waals surface area contributed by atoms with Gasteiger partial charge in [-0.3, -0.25) is 9.59 Å². The van der Waals surface area contributed by atoms with E-state index in [1.165, 1.54) is 6.07 Å². The van der Waals surface area contributed by atoms with Crippen LogP contribution in [0.1, 0.15) is 61.6 Å². The topological polar surface area (TPSA) is 67.9 Å². The van der Waals surface area contributed by atoms with Crippen molar-refractivity contribution in [3.63, 3.8) is 0 Å². The molecule has 10 heteroatoms. The number of hydrogen-bond acceptors (Lipinski definition) is 5. The first-order valence-electron chi connectivity index (χ1n) is 13.1. The summed E-state index contributed by atoms with van der Waals surface area (Å²) in [5, 5.41) is 2.94. The third kappa shape index (κ3) is 13.6. The van der Waals surface area contributed by atoms with Crippen molar-refractivity contribution in [1.29, 1.82) is 0 Å². The van der Waals surface area contributed by atoms with Crippen LogP contribution in [-0.4, -0.2) is 50.1 Å². The van der Waals surface area contributed by atoms with Gasteiger partial charge in [-0.05, 0) is 50.2 Å². The molecule has 216 valence electrons. The number of likely N-dealkylation sites (N-methyl/N-ethyl adjacent to an activating group) is 1. The van der Waals surface area contributed by atoms with E-state index in [-0.39, 0.29) is 37.6 Å². The standard InChI is InChI=1S/C29H38F4N2O4/c1-35(2)19-24(18-28(37)39-21-22-11-7-6-8-12-22)34-27(36)13-9-4-3-5-10-16-38-20-23-14-15-25(26(30)17-23)29(31,32)33/h6-8,11-12,14-15,17,24H,3-5,9-10,13,16,18-21H2,1-2H3,(H,34,36)/t24-/m1/s1. The summed E-state index contributed by atoms with van der Waals surface area (Å²) in [6.07, 6.45) is -0.160. The summed E-state index contributed by atoms with van der Waals surface area (Å²) in [5.41, 5.74) is -0.0295. The Morgan fingerprint density at radius 1 is 0.923 bits per heavy atom. The molecule has 0 saturated heterocycles. The molecule has 0 bridgehead atoms. The Labute approximate surface area is 227 Å². The Hall–Kier alpha value is -2.98. The van der Waals surface area contributed by atoms with Crippen molar-refractivity contribution in [3.05, 3.63) is 71.0 Å². The quantitative estimate of drug-likeness (QED) is 0.150. The lowest BCUT2D eigenvalue weighted by Gasteiger charge is -2.22. The van der Waals surface area contributed by atoms with Gasteiger partial charge in [-0.25, -0.2) is 4.39 Å². The molecule has 1 amide bonds. The first-order chi connectivity index (χ1) is 18.5. The number of rotatable bonds is 17. The van der Waals surface area contributed by atoms with Gasteiger partial charge in [0.05, 0.1) is 24.6 Å². The van der Waals surface area contributed by atoms with Gasteiger partial charge in [-0.2, -0.15) is 13.2 Å². The number of carbonyl (C=O) groups excluding carboxylic acids is 2. The number of nitrogens with one attached hydrogen (secondary N) is 1. The van der Waals surface area contributed by atoms with Gasteiger partial charge < -0.3 is 19.7 Å². The van der Waals surface area contributed by atoms with Crippen LogP contribution in [0.25, 0.3) is 0 Å². The van der Waals surface area contributed by atoms with E-state index < -0.39 is 17.6 Å². The van der Waals surface area contributed by atoms with E-state index in [0.29, 0.717) is 31.6 Å². The largest absolute Gasteiger partial charge is 0.461 e. The fourth-order valence-electron chi connectivity index (χ4n) is 3.99. The highest BCUT2D eigenvalue weighted by molar-refractivity contribution is 5.77. The van der Waals surface area contributed by atoms with Crippen LogP contribution in [0.3, 0.4) is 0 Å². The number of amides is 1. The van der Waals surface area contributed by atoms with Crippen LogP contribution in [-0.2, 0) is 38.5 Å². The van der Waals surface area contributed by atoms with Gasteiger partial charge in [-0.1, -0.05) is 55.7 Å². The van der Waals surface area contributed by atoms with Crippen molar-refractivity contribution in [2.24, 2.45) is 0 Å². The molecule has 2 aromatic rings. The summed E-state index contributed by atoms with van der Waals surface area (Å²) < 4.78 is 62.2. The predicted octanol–water partition coefficient (Wildman–Crippen LogP) is 5.88. The molecule has 0 radical (unpaired) electrons. The maximum absolute atomic E-state index is 13.6. The van der Waals surface area contributed by atoms with E-state index in [2.05, 4.69) is 5.32 Å². The molecule has 0 saturated carbocycles. The number of halogens is 4. The highest BCUT2D eigenvalue weighted by Crippen LogP contribution is 2.31.